The average Bonchev–Trinajstić information content (AvgIpc) is 2.80. The van der Waals surface area contributed by atoms with Gasteiger partial charge in [-0.3, -0.25) is 0 Å². The van der Waals surface area contributed by atoms with Crippen LogP contribution < -0.4 is 10.0 Å². The second-order valence-corrected chi connectivity index (χ2v) is 9.89. The van der Waals surface area contributed by atoms with Crippen LogP contribution in [0.25, 0.3) is 11.1 Å². The first-order valence-corrected chi connectivity index (χ1v) is 8.88. The van der Waals surface area contributed by atoms with Crippen LogP contribution in [0.5, 0.6) is 11.5 Å². The molecule has 1 atom stereocenters. The number of benzene rings is 2. The fraction of sp³-hybridized carbons (Fsp3) is 0.294. The number of hydrogen-bond acceptors (Lipinski definition) is 3. The quantitative estimate of drug-likeness (QED) is 0.803. The van der Waals surface area contributed by atoms with Crippen LogP contribution in [-0.4, -0.2) is 16.6 Å². The maximum absolute atomic E-state index is 13.4. The summed E-state index contributed by atoms with van der Waals surface area (Å²) in [5, 5.41) is 10.3. The van der Waals surface area contributed by atoms with Crippen LogP contribution >= 0.6 is 7.14 Å². The lowest BCUT2D eigenvalue weighted by Gasteiger charge is -2.26. The van der Waals surface area contributed by atoms with E-state index in [1.54, 1.807) is 6.07 Å². The van der Waals surface area contributed by atoms with E-state index in [0.29, 0.717) is 11.1 Å². The number of phenolic OH excluding ortho intramolecular Hbond substituents is 1. The van der Waals surface area contributed by atoms with Gasteiger partial charge >= 0.3 is 0 Å². The minimum atomic E-state index is -2.80. The van der Waals surface area contributed by atoms with Crippen molar-refractivity contribution in [3.05, 3.63) is 42.5 Å². The van der Waals surface area contributed by atoms with Crippen molar-refractivity contribution < 1.29 is 14.4 Å². The number of phenols is 1. The SMILES string of the molecule is CC(C)(C)[P@@]1(=O)COc2c(-c3ccccc3)ccc(O)c21. The predicted molar refractivity (Wildman–Crippen MR) is 86.0 cm³/mol. The van der Waals surface area contributed by atoms with E-state index < -0.39 is 12.3 Å². The fourth-order valence-electron chi connectivity index (χ4n) is 2.65. The van der Waals surface area contributed by atoms with Crippen molar-refractivity contribution >= 4 is 12.4 Å². The van der Waals surface area contributed by atoms with Crippen LogP contribution in [0.2, 0.25) is 0 Å². The highest BCUT2D eigenvalue weighted by Gasteiger charge is 2.47. The van der Waals surface area contributed by atoms with Gasteiger partial charge in [0.25, 0.3) is 0 Å². The van der Waals surface area contributed by atoms with Crippen molar-refractivity contribution in [2.24, 2.45) is 0 Å². The molecule has 0 aromatic heterocycles. The van der Waals surface area contributed by atoms with Gasteiger partial charge in [0, 0.05) is 10.7 Å². The van der Waals surface area contributed by atoms with E-state index in [0.717, 1.165) is 11.1 Å². The number of hydrogen-bond donors (Lipinski definition) is 1. The molecule has 0 bridgehead atoms. The van der Waals surface area contributed by atoms with E-state index in [2.05, 4.69) is 0 Å². The molecule has 0 fully saturated rings. The zero-order chi connectivity index (χ0) is 15.3. The molecule has 1 aliphatic rings. The van der Waals surface area contributed by atoms with Gasteiger partial charge < -0.3 is 14.4 Å². The number of fused-ring (bicyclic) bond motifs is 1. The lowest BCUT2D eigenvalue weighted by molar-refractivity contribution is 0.390. The maximum atomic E-state index is 13.4. The Kier molecular flexibility index (Phi) is 3.14. The third kappa shape index (κ3) is 2.08. The molecule has 1 N–H and O–H groups in total. The van der Waals surface area contributed by atoms with Crippen LogP contribution in [0.15, 0.2) is 42.5 Å². The second kappa shape index (κ2) is 4.64. The topological polar surface area (TPSA) is 46.5 Å². The molecule has 0 saturated heterocycles. The summed E-state index contributed by atoms with van der Waals surface area (Å²) < 4.78 is 19.2. The summed E-state index contributed by atoms with van der Waals surface area (Å²) in [6, 6.07) is 13.3. The minimum Gasteiger partial charge on any atom is -0.507 e. The molecule has 0 amide bonds. The van der Waals surface area contributed by atoms with Gasteiger partial charge in [0.1, 0.15) is 17.8 Å². The third-order valence-corrected chi connectivity index (χ3v) is 7.85. The zero-order valence-corrected chi connectivity index (χ0v) is 13.4. The lowest BCUT2D eigenvalue weighted by Crippen LogP contribution is -2.22. The van der Waals surface area contributed by atoms with Crippen LogP contribution in [-0.2, 0) is 4.57 Å². The summed E-state index contributed by atoms with van der Waals surface area (Å²) in [4.78, 5) is 0. The zero-order valence-electron chi connectivity index (χ0n) is 12.5. The average molecular weight is 302 g/mol. The van der Waals surface area contributed by atoms with E-state index in [4.69, 9.17) is 4.74 Å². The van der Waals surface area contributed by atoms with E-state index >= 15 is 0 Å². The van der Waals surface area contributed by atoms with Crippen LogP contribution in [0.3, 0.4) is 0 Å². The maximum Gasteiger partial charge on any atom is 0.163 e. The second-order valence-electron chi connectivity index (χ2n) is 6.36. The third-order valence-electron chi connectivity index (χ3n) is 4.03. The summed E-state index contributed by atoms with van der Waals surface area (Å²) in [6.07, 6.45) is 0.156. The van der Waals surface area contributed by atoms with E-state index in [9.17, 15) is 9.67 Å². The standard InChI is InChI=1S/C17H19O3P/c1-17(2,3)21(19)11-20-15-13(9-10-14(18)16(15)21)12-7-5-4-6-8-12/h4-10,18H,11H2,1-3H3/t21-/m1/s1. The Balaban J connectivity index is 2.26. The van der Waals surface area contributed by atoms with E-state index in [1.807, 2.05) is 57.2 Å². The molecule has 0 aliphatic carbocycles. The molecule has 0 unspecified atom stereocenters. The molecule has 0 radical (unpaired) electrons. The summed E-state index contributed by atoms with van der Waals surface area (Å²) in [5.74, 6) is 0.639. The summed E-state index contributed by atoms with van der Waals surface area (Å²) in [6.45, 7) is 5.79. The first-order chi connectivity index (χ1) is 9.84. The van der Waals surface area contributed by atoms with Crippen molar-refractivity contribution in [2.45, 2.75) is 25.9 Å². The molecule has 1 heterocycles. The van der Waals surface area contributed by atoms with Crippen molar-refractivity contribution in [1.29, 1.82) is 0 Å². The smallest absolute Gasteiger partial charge is 0.163 e. The molecule has 21 heavy (non-hydrogen) atoms. The van der Waals surface area contributed by atoms with Gasteiger partial charge in [0.2, 0.25) is 0 Å². The van der Waals surface area contributed by atoms with Gasteiger partial charge in [-0.15, -0.1) is 0 Å². The van der Waals surface area contributed by atoms with Crippen molar-refractivity contribution in [3.8, 4) is 22.6 Å². The number of ether oxygens (including phenoxy) is 1. The summed E-state index contributed by atoms with van der Waals surface area (Å²) >= 11 is 0. The van der Waals surface area contributed by atoms with Gasteiger partial charge in [-0.25, -0.2) is 0 Å². The van der Waals surface area contributed by atoms with E-state index in [-0.39, 0.29) is 12.1 Å². The molecular formula is C17H19O3P. The highest BCUT2D eigenvalue weighted by molar-refractivity contribution is 7.73. The van der Waals surface area contributed by atoms with Gasteiger partial charge in [-0.05, 0) is 17.7 Å². The highest BCUT2D eigenvalue weighted by Crippen LogP contribution is 2.64. The van der Waals surface area contributed by atoms with Crippen LogP contribution in [0.4, 0.5) is 0 Å². The lowest BCUT2D eigenvalue weighted by atomic mass is 10.0. The molecule has 1 aliphatic heterocycles. The first kappa shape index (κ1) is 14.2. The van der Waals surface area contributed by atoms with Crippen molar-refractivity contribution in [1.82, 2.24) is 0 Å². The number of rotatable bonds is 1. The molecule has 2 aromatic rings. The van der Waals surface area contributed by atoms with Crippen LogP contribution in [0, 0.1) is 0 Å². The number of aromatic hydroxyl groups is 1. The molecule has 3 nitrogen and oxygen atoms in total. The Hall–Kier alpha value is -1.73. The Labute approximate surface area is 125 Å². The Morgan fingerprint density at radius 3 is 2.38 bits per heavy atom. The van der Waals surface area contributed by atoms with Crippen molar-refractivity contribution in [3.63, 3.8) is 0 Å². The van der Waals surface area contributed by atoms with E-state index in [1.165, 1.54) is 0 Å². The summed E-state index contributed by atoms with van der Waals surface area (Å²) in [7, 11) is -2.80. The minimum absolute atomic E-state index is 0.0699. The Morgan fingerprint density at radius 2 is 1.76 bits per heavy atom. The van der Waals surface area contributed by atoms with Gasteiger partial charge in [0.15, 0.2) is 7.14 Å². The normalized spacial score (nSPS) is 20.9. The highest BCUT2D eigenvalue weighted by atomic mass is 31.2. The Bertz CT molecular complexity index is 730. The monoisotopic (exact) mass is 302 g/mol. The molecule has 2 aromatic carbocycles. The largest absolute Gasteiger partial charge is 0.507 e. The predicted octanol–water partition coefficient (Wildman–Crippen LogP) is 4.20. The van der Waals surface area contributed by atoms with Gasteiger partial charge in [-0.2, -0.15) is 0 Å². The summed E-state index contributed by atoms with van der Waals surface area (Å²) in [5.41, 5.74) is 1.88. The molecule has 0 saturated carbocycles. The molecule has 110 valence electrons. The molecule has 0 spiro atoms. The first-order valence-electron chi connectivity index (χ1n) is 6.98. The fourth-order valence-corrected chi connectivity index (χ4v) is 5.11. The van der Waals surface area contributed by atoms with Gasteiger partial charge in [0.05, 0.1) is 5.30 Å². The molecule has 3 rings (SSSR count). The van der Waals surface area contributed by atoms with Crippen molar-refractivity contribution in [2.75, 3.05) is 6.35 Å². The molecular weight excluding hydrogens is 283 g/mol. The van der Waals surface area contributed by atoms with Gasteiger partial charge in [-0.1, -0.05) is 51.1 Å². The molecule has 4 heteroatoms. The Morgan fingerprint density at radius 1 is 1.10 bits per heavy atom. The van der Waals surface area contributed by atoms with Crippen LogP contribution in [0.1, 0.15) is 20.8 Å².